The molecular weight excluding hydrogens is 354 g/mol. The van der Waals surface area contributed by atoms with Gasteiger partial charge in [0.15, 0.2) is 0 Å². The molecule has 0 aliphatic heterocycles. The summed E-state index contributed by atoms with van der Waals surface area (Å²) in [6.07, 6.45) is 2.85. The highest BCUT2D eigenvalue weighted by atomic mass is 32.2. The molecule has 0 saturated heterocycles. The van der Waals surface area contributed by atoms with Gasteiger partial charge in [0.2, 0.25) is 0 Å². The molecule has 3 atom stereocenters. The Morgan fingerprint density at radius 3 is 2.42 bits per heavy atom. The minimum absolute atomic E-state index is 0.000752. The van der Waals surface area contributed by atoms with Gasteiger partial charge in [0.25, 0.3) is 10.1 Å². The van der Waals surface area contributed by atoms with E-state index < -0.39 is 21.8 Å². The fourth-order valence-electron chi connectivity index (χ4n) is 3.32. The smallest absolute Gasteiger partial charge is 0.407 e. The van der Waals surface area contributed by atoms with Gasteiger partial charge in [-0.1, -0.05) is 30.3 Å². The van der Waals surface area contributed by atoms with Gasteiger partial charge in [-0.05, 0) is 57.9 Å². The molecule has 1 N–H and O–H groups in total. The lowest BCUT2D eigenvalue weighted by Crippen LogP contribution is -2.45. The zero-order valence-corrected chi connectivity index (χ0v) is 16.7. The molecule has 6 nitrogen and oxygen atoms in total. The number of hydrogen-bond donors (Lipinski definition) is 1. The molecular formula is C19H29NO5S. The molecule has 26 heavy (non-hydrogen) atoms. The van der Waals surface area contributed by atoms with Crippen LogP contribution in [0.2, 0.25) is 0 Å². The van der Waals surface area contributed by atoms with Crippen LogP contribution >= 0.6 is 0 Å². The third-order valence-corrected chi connectivity index (χ3v) is 4.87. The number of rotatable bonds is 5. The van der Waals surface area contributed by atoms with Gasteiger partial charge in [0, 0.05) is 6.04 Å². The summed E-state index contributed by atoms with van der Waals surface area (Å²) in [5, 5.41) is 2.91. The van der Waals surface area contributed by atoms with Crippen molar-refractivity contribution in [2.24, 2.45) is 5.92 Å². The van der Waals surface area contributed by atoms with Crippen LogP contribution in [0.25, 0.3) is 0 Å². The van der Waals surface area contributed by atoms with Crippen LogP contribution < -0.4 is 5.32 Å². The number of ether oxygens (including phenoxy) is 1. The van der Waals surface area contributed by atoms with Crippen LogP contribution in [-0.4, -0.2) is 38.5 Å². The summed E-state index contributed by atoms with van der Waals surface area (Å²) in [4.78, 5) is 12.0. The summed E-state index contributed by atoms with van der Waals surface area (Å²) in [7, 11) is -3.53. The van der Waals surface area contributed by atoms with Gasteiger partial charge in [-0.3, -0.25) is 4.18 Å². The predicted molar refractivity (Wildman–Crippen MR) is 100 cm³/mol. The largest absolute Gasteiger partial charge is 0.444 e. The maximum absolute atomic E-state index is 12.0. The number of amides is 1. The molecule has 0 bridgehead atoms. The highest BCUT2D eigenvalue weighted by molar-refractivity contribution is 7.86. The Labute approximate surface area is 156 Å². The minimum Gasteiger partial charge on any atom is -0.444 e. The summed E-state index contributed by atoms with van der Waals surface area (Å²) in [6, 6.07) is 9.84. The number of nitrogens with one attached hydrogen (secondary N) is 1. The predicted octanol–water partition coefficient (Wildman–Crippen LogP) is 3.27. The third kappa shape index (κ3) is 7.33. The number of carbonyl (C=O) groups excluding carboxylic acids is 1. The molecule has 0 unspecified atom stereocenters. The maximum atomic E-state index is 12.0. The first-order valence-electron chi connectivity index (χ1n) is 8.93. The van der Waals surface area contributed by atoms with Crippen molar-refractivity contribution in [2.75, 3.05) is 6.26 Å². The van der Waals surface area contributed by atoms with E-state index in [4.69, 9.17) is 8.92 Å². The van der Waals surface area contributed by atoms with Gasteiger partial charge in [-0.15, -0.1) is 0 Å². The van der Waals surface area contributed by atoms with E-state index in [0.717, 1.165) is 11.8 Å². The minimum atomic E-state index is -3.53. The number of benzene rings is 1. The van der Waals surface area contributed by atoms with Gasteiger partial charge in [-0.2, -0.15) is 8.42 Å². The third-order valence-electron chi connectivity index (χ3n) is 4.27. The molecule has 0 aromatic heterocycles. The molecule has 1 aromatic carbocycles. The number of carbonyl (C=O) groups is 1. The van der Waals surface area contributed by atoms with E-state index >= 15 is 0 Å². The van der Waals surface area contributed by atoms with Crippen molar-refractivity contribution < 1.29 is 22.1 Å². The standard InChI is InChI=1S/C19H29NO5S/c1-19(2,3)24-18(21)20-16-10-11-17(25-26(4,22)23)15(13-16)12-14-8-6-5-7-9-14/h5-9,15-17H,10-13H2,1-4H3,(H,20,21)/t15-,16-,17+/m1/s1. The van der Waals surface area contributed by atoms with Crippen LogP contribution in [0.5, 0.6) is 0 Å². The van der Waals surface area contributed by atoms with E-state index in [1.54, 1.807) is 0 Å². The first-order valence-corrected chi connectivity index (χ1v) is 10.8. The Morgan fingerprint density at radius 1 is 1.19 bits per heavy atom. The van der Waals surface area contributed by atoms with Crippen molar-refractivity contribution in [3.63, 3.8) is 0 Å². The Hall–Kier alpha value is -1.60. The monoisotopic (exact) mass is 383 g/mol. The van der Waals surface area contributed by atoms with Crippen molar-refractivity contribution in [1.82, 2.24) is 5.32 Å². The second-order valence-electron chi connectivity index (χ2n) is 7.94. The average Bonchev–Trinajstić information content (AvgIpc) is 2.48. The molecule has 0 heterocycles. The lowest BCUT2D eigenvalue weighted by Gasteiger charge is -2.36. The molecule has 1 saturated carbocycles. The summed E-state index contributed by atoms with van der Waals surface area (Å²) in [5.74, 6) is 0.000752. The SMILES string of the molecule is CC(C)(C)OC(=O)N[C@@H]1CC[C@H](OS(C)(=O)=O)[C@H](Cc2ccccc2)C1. The molecule has 7 heteroatoms. The van der Waals surface area contributed by atoms with Crippen molar-refractivity contribution in [1.29, 1.82) is 0 Å². The summed E-state index contributed by atoms with van der Waals surface area (Å²) < 4.78 is 33.9. The van der Waals surface area contributed by atoms with Crippen LogP contribution in [0.1, 0.15) is 45.6 Å². The van der Waals surface area contributed by atoms with Crippen LogP contribution in [0.3, 0.4) is 0 Å². The Balaban J connectivity index is 2.05. The molecule has 0 spiro atoms. The van der Waals surface area contributed by atoms with E-state index in [-0.39, 0.29) is 18.1 Å². The van der Waals surface area contributed by atoms with Crippen LogP contribution in [0, 0.1) is 5.92 Å². The van der Waals surface area contributed by atoms with Crippen molar-refractivity contribution in [3.8, 4) is 0 Å². The van der Waals surface area contributed by atoms with E-state index in [1.807, 2.05) is 51.1 Å². The highest BCUT2D eigenvalue weighted by Gasteiger charge is 2.34. The Morgan fingerprint density at radius 2 is 1.85 bits per heavy atom. The fourth-order valence-corrected chi connectivity index (χ4v) is 4.03. The van der Waals surface area contributed by atoms with Crippen LogP contribution in [-0.2, 0) is 25.5 Å². The van der Waals surface area contributed by atoms with Crippen molar-refractivity contribution >= 4 is 16.2 Å². The lowest BCUT2D eigenvalue weighted by molar-refractivity contribution is 0.0416. The molecule has 1 amide bonds. The van der Waals surface area contributed by atoms with Gasteiger partial charge >= 0.3 is 6.09 Å². The van der Waals surface area contributed by atoms with E-state index in [2.05, 4.69) is 5.32 Å². The van der Waals surface area contributed by atoms with Gasteiger partial charge in [0.1, 0.15) is 5.60 Å². The summed E-state index contributed by atoms with van der Waals surface area (Å²) >= 11 is 0. The average molecular weight is 384 g/mol. The van der Waals surface area contributed by atoms with Gasteiger partial charge in [-0.25, -0.2) is 4.79 Å². The molecule has 1 aliphatic carbocycles. The van der Waals surface area contributed by atoms with Gasteiger partial charge in [0.05, 0.1) is 12.4 Å². The second kappa shape index (κ2) is 8.39. The lowest BCUT2D eigenvalue weighted by atomic mass is 9.80. The topological polar surface area (TPSA) is 81.7 Å². The first kappa shape index (κ1) is 20.7. The number of hydrogen-bond acceptors (Lipinski definition) is 5. The highest BCUT2D eigenvalue weighted by Crippen LogP contribution is 2.31. The van der Waals surface area contributed by atoms with Crippen molar-refractivity contribution in [3.05, 3.63) is 35.9 Å². The zero-order valence-electron chi connectivity index (χ0n) is 15.9. The van der Waals surface area contributed by atoms with Crippen molar-refractivity contribution in [2.45, 2.75) is 64.2 Å². The van der Waals surface area contributed by atoms with E-state index in [9.17, 15) is 13.2 Å². The molecule has 1 fully saturated rings. The fraction of sp³-hybridized carbons (Fsp3) is 0.632. The number of alkyl carbamates (subject to hydrolysis) is 1. The zero-order chi connectivity index (χ0) is 19.4. The van der Waals surface area contributed by atoms with Crippen LogP contribution in [0.4, 0.5) is 4.79 Å². The normalized spacial score (nSPS) is 24.1. The Kier molecular flexibility index (Phi) is 6.69. The van der Waals surface area contributed by atoms with E-state index in [1.165, 1.54) is 0 Å². The molecule has 0 radical (unpaired) electrons. The maximum Gasteiger partial charge on any atom is 0.407 e. The van der Waals surface area contributed by atoms with E-state index in [0.29, 0.717) is 25.7 Å². The molecule has 1 aliphatic rings. The quantitative estimate of drug-likeness (QED) is 0.789. The summed E-state index contributed by atoms with van der Waals surface area (Å²) in [6.45, 7) is 5.46. The molecule has 2 rings (SSSR count). The molecule has 146 valence electrons. The first-order chi connectivity index (χ1) is 12.0. The summed E-state index contributed by atoms with van der Waals surface area (Å²) in [5.41, 5.74) is 0.571. The Bertz CT molecular complexity index is 696. The van der Waals surface area contributed by atoms with Crippen LogP contribution in [0.15, 0.2) is 30.3 Å². The molecule has 1 aromatic rings. The van der Waals surface area contributed by atoms with Gasteiger partial charge < -0.3 is 10.1 Å². The second-order valence-corrected chi connectivity index (χ2v) is 9.55.